The van der Waals surface area contributed by atoms with Crippen molar-refractivity contribution >= 4 is 17.2 Å². The lowest BCUT2D eigenvalue weighted by atomic mass is 10.1. The normalized spacial score (nSPS) is 10.9. The molecule has 0 fully saturated rings. The predicted molar refractivity (Wildman–Crippen MR) is 83.0 cm³/mol. The number of amides is 1. The van der Waals surface area contributed by atoms with Gasteiger partial charge in [0.1, 0.15) is 10.7 Å². The second-order valence-corrected chi connectivity index (χ2v) is 6.52. The molecule has 0 saturated heterocycles. The summed E-state index contributed by atoms with van der Waals surface area (Å²) in [5.41, 5.74) is 1.50. The van der Waals surface area contributed by atoms with Crippen LogP contribution in [-0.4, -0.2) is 10.9 Å². The highest BCUT2D eigenvalue weighted by molar-refractivity contribution is 7.13. The van der Waals surface area contributed by atoms with Gasteiger partial charge in [0.2, 0.25) is 0 Å². The lowest BCUT2D eigenvalue weighted by Gasteiger charge is -2.04. The summed E-state index contributed by atoms with van der Waals surface area (Å²) in [6.45, 7) is 6.41. The third kappa shape index (κ3) is 4.36. The van der Waals surface area contributed by atoms with Crippen molar-refractivity contribution in [1.82, 2.24) is 10.3 Å². The molecule has 21 heavy (non-hydrogen) atoms. The maximum atomic E-state index is 13.1. The standard InChI is InChI=1S/C16H19FN2OS/c1-10(2)7-14-19-11(3)15(21-14)16(20)18-9-12-5-4-6-13(17)8-12/h4-6,8,10H,7,9H2,1-3H3,(H,18,20). The second kappa shape index (κ2) is 6.80. The van der Waals surface area contributed by atoms with Crippen LogP contribution in [0, 0.1) is 18.7 Å². The van der Waals surface area contributed by atoms with Crippen molar-refractivity contribution in [1.29, 1.82) is 0 Å². The molecule has 0 aliphatic heterocycles. The summed E-state index contributed by atoms with van der Waals surface area (Å²) < 4.78 is 13.1. The minimum absolute atomic E-state index is 0.149. The number of carbonyl (C=O) groups excluding carboxylic acids is 1. The number of nitrogens with one attached hydrogen (secondary N) is 1. The lowest BCUT2D eigenvalue weighted by molar-refractivity contribution is 0.0954. The van der Waals surface area contributed by atoms with E-state index in [1.807, 2.05) is 6.92 Å². The van der Waals surface area contributed by atoms with Crippen LogP contribution in [0.1, 0.15) is 39.8 Å². The summed E-state index contributed by atoms with van der Waals surface area (Å²) in [6.07, 6.45) is 0.878. The largest absolute Gasteiger partial charge is 0.347 e. The first-order valence-corrected chi connectivity index (χ1v) is 7.76. The van der Waals surface area contributed by atoms with Crippen molar-refractivity contribution in [2.45, 2.75) is 33.7 Å². The van der Waals surface area contributed by atoms with E-state index in [0.29, 0.717) is 17.3 Å². The first-order chi connectivity index (χ1) is 9.95. The van der Waals surface area contributed by atoms with Gasteiger partial charge < -0.3 is 5.32 Å². The number of hydrogen-bond acceptors (Lipinski definition) is 3. The number of thiazole rings is 1. The minimum atomic E-state index is -0.296. The van der Waals surface area contributed by atoms with Gasteiger partial charge in [-0.2, -0.15) is 0 Å². The Hall–Kier alpha value is -1.75. The van der Waals surface area contributed by atoms with E-state index in [2.05, 4.69) is 24.1 Å². The van der Waals surface area contributed by atoms with E-state index in [9.17, 15) is 9.18 Å². The summed E-state index contributed by atoms with van der Waals surface area (Å²) in [5, 5.41) is 3.80. The molecule has 0 atom stereocenters. The van der Waals surface area contributed by atoms with Gasteiger partial charge in [0, 0.05) is 13.0 Å². The quantitative estimate of drug-likeness (QED) is 0.915. The molecule has 0 spiro atoms. The number of carbonyl (C=O) groups is 1. The molecule has 1 N–H and O–H groups in total. The Kier molecular flexibility index (Phi) is 5.07. The highest BCUT2D eigenvalue weighted by atomic mass is 32.1. The molecule has 1 aromatic heterocycles. The van der Waals surface area contributed by atoms with Crippen LogP contribution in [0.3, 0.4) is 0 Å². The highest BCUT2D eigenvalue weighted by Gasteiger charge is 2.15. The molecular weight excluding hydrogens is 287 g/mol. The molecule has 1 amide bonds. The van der Waals surface area contributed by atoms with Crippen molar-refractivity contribution < 1.29 is 9.18 Å². The third-order valence-corrected chi connectivity index (χ3v) is 4.15. The molecule has 1 aromatic carbocycles. The molecule has 3 nitrogen and oxygen atoms in total. The minimum Gasteiger partial charge on any atom is -0.347 e. The van der Waals surface area contributed by atoms with Gasteiger partial charge in [-0.3, -0.25) is 4.79 Å². The summed E-state index contributed by atoms with van der Waals surface area (Å²) in [6, 6.07) is 6.23. The molecule has 0 aliphatic rings. The van der Waals surface area contributed by atoms with Gasteiger partial charge in [0.15, 0.2) is 0 Å². The van der Waals surface area contributed by atoms with Crippen LogP contribution in [0.2, 0.25) is 0 Å². The van der Waals surface area contributed by atoms with Gasteiger partial charge in [-0.15, -0.1) is 11.3 Å². The molecule has 0 unspecified atom stereocenters. The zero-order valence-electron chi connectivity index (χ0n) is 12.4. The van der Waals surface area contributed by atoms with Gasteiger partial charge in [-0.1, -0.05) is 26.0 Å². The van der Waals surface area contributed by atoms with Crippen LogP contribution < -0.4 is 5.32 Å². The lowest BCUT2D eigenvalue weighted by Crippen LogP contribution is -2.22. The van der Waals surface area contributed by atoms with Crippen LogP contribution in [0.4, 0.5) is 4.39 Å². The Labute approximate surface area is 128 Å². The average Bonchev–Trinajstić information content (AvgIpc) is 2.76. The number of aryl methyl sites for hydroxylation is 1. The first-order valence-electron chi connectivity index (χ1n) is 6.94. The Balaban J connectivity index is 2.01. The van der Waals surface area contributed by atoms with E-state index in [-0.39, 0.29) is 11.7 Å². The number of aromatic nitrogens is 1. The predicted octanol–water partition coefficient (Wildman–Crippen LogP) is 3.72. The van der Waals surface area contributed by atoms with Crippen molar-refractivity contribution in [3.05, 3.63) is 51.2 Å². The van der Waals surface area contributed by atoms with Crippen molar-refractivity contribution in [2.24, 2.45) is 5.92 Å². The van der Waals surface area contributed by atoms with Gasteiger partial charge in [0.25, 0.3) is 5.91 Å². The topological polar surface area (TPSA) is 42.0 Å². The Morgan fingerprint density at radius 2 is 2.19 bits per heavy atom. The van der Waals surface area contributed by atoms with Crippen LogP contribution >= 0.6 is 11.3 Å². The van der Waals surface area contributed by atoms with Gasteiger partial charge in [-0.05, 0) is 30.5 Å². The van der Waals surface area contributed by atoms with E-state index in [0.717, 1.165) is 22.7 Å². The fraction of sp³-hybridized carbons (Fsp3) is 0.375. The van der Waals surface area contributed by atoms with E-state index in [1.165, 1.54) is 23.5 Å². The summed E-state index contributed by atoms with van der Waals surface area (Å²) in [5.74, 6) is 0.0676. The molecule has 0 aliphatic carbocycles. The van der Waals surface area contributed by atoms with Crippen molar-refractivity contribution in [3.8, 4) is 0 Å². The van der Waals surface area contributed by atoms with Gasteiger partial charge in [-0.25, -0.2) is 9.37 Å². The maximum absolute atomic E-state index is 13.1. The number of benzene rings is 1. The van der Waals surface area contributed by atoms with Gasteiger partial charge >= 0.3 is 0 Å². The van der Waals surface area contributed by atoms with E-state index in [4.69, 9.17) is 0 Å². The zero-order valence-corrected chi connectivity index (χ0v) is 13.3. The monoisotopic (exact) mass is 306 g/mol. The highest BCUT2D eigenvalue weighted by Crippen LogP contribution is 2.20. The summed E-state index contributed by atoms with van der Waals surface area (Å²) in [4.78, 5) is 17.3. The Morgan fingerprint density at radius 1 is 1.43 bits per heavy atom. The van der Waals surface area contributed by atoms with E-state index >= 15 is 0 Å². The average molecular weight is 306 g/mol. The number of halogens is 1. The number of hydrogen-bond donors (Lipinski definition) is 1. The fourth-order valence-corrected chi connectivity index (χ4v) is 3.20. The number of nitrogens with zero attached hydrogens (tertiary/aromatic N) is 1. The molecule has 0 bridgehead atoms. The molecule has 0 saturated carbocycles. The van der Waals surface area contributed by atoms with Gasteiger partial charge in [0.05, 0.1) is 10.7 Å². The third-order valence-electron chi connectivity index (χ3n) is 2.97. The molecular formula is C16H19FN2OS. The van der Waals surface area contributed by atoms with Crippen LogP contribution in [0.15, 0.2) is 24.3 Å². The van der Waals surface area contributed by atoms with Crippen molar-refractivity contribution in [2.75, 3.05) is 0 Å². The molecule has 2 aromatic rings. The molecule has 2 rings (SSSR count). The first kappa shape index (κ1) is 15.6. The Bertz CT molecular complexity index is 637. The SMILES string of the molecule is Cc1nc(CC(C)C)sc1C(=O)NCc1cccc(F)c1. The van der Waals surface area contributed by atoms with E-state index in [1.54, 1.807) is 12.1 Å². The van der Waals surface area contributed by atoms with Crippen molar-refractivity contribution in [3.63, 3.8) is 0 Å². The van der Waals surface area contributed by atoms with E-state index < -0.39 is 0 Å². The van der Waals surface area contributed by atoms with Crippen LogP contribution in [-0.2, 0) is 13.0 Å². The second-order valence-electron chi connectivity index (χ2n) is 5.43. The maximum Gasteiger partial charge on any atom is 0.263 e. The van der Waals surface area contributed by atoms with Crippen LogP contribution in [0.25, 0.3) is 0 Å². The smallest absolute Gasteiger partial charge is 0.263 e. The number of rotatable bonds is 5. The molecule has 112 valence electrons. The fourth-order valence-electron chi connectivity index (χ4n) is 2.01. The zero-order chi connectivity index (χ0) is 15.4. The molecule has 5 heteroatoms. The summed E-state index contributed by atoms with van der Waals surface area (Å²) >= 11 is 1.44. The Morgan fingerprint density at radius 3 is 2.86 bits per heavy atom. The van der Waals surface area contributed by atoms with Crippen LogP contribution in [0.5, 0.6) is 0 Å². The molecule has 1 heterocycles. The summed E-state index contributed by atoms with van der Waals surface area (Å²) in [7, 11) is 0. The molecule has 0 radical (unpaired) electrons.